The van der Waals surface area contributed by atoms with Crippen molar-refractivity contribution in [3.63, 3.8) is 0 Å². The molecular weight excluding hydrogens is 608 g/mol. The summed E-state index contributed by atoms with van der Waals surface area (Å²) in [6, 6.07) is 17.8. The number of phenols is 1. The molecule has 13 heteroatoms. The van der Waals surface area contributed by atoms with Crippen LogP contribution in [0.1, 0.15) is 27.0 Å². The van der Waals surface area contributed by atoms with Gasteiger partial charge in [-0.1, -0.05) is 54.6 Å². The number of hydrazine groups is 1. The molecule has 236 valence electrons. The number of carboxylic acid groups (broad SMARTS) is 1. The first-order valence-electron chi connectivity index (χ1n) is 14.7. The number of nitrogens with one attached hydrogen (secondary N) is 1. The molecule has 2 aliphatic heterocycles. The fourth-order valence-corrected chi connectivity index (χ4v) is 6.81. The molecule has 0 bridgehead atoms. The van der Waals surface area contributed by atoms with Gasteiger partial charge in [-0.05, 0) is 34.9 Å². The van der Waals surface area contributed by atoms with Crippen molar-refractivity contribution < 1.29 is 29.4 Å². The Morgan fingerprint density at radius 1 is 1.07 bits per heavy atom. The summed E-state index contributed by atoms with van der Waals surface area (Å²) in [5, 5.41) is 25.7. The molecule has 0 aliphatic carbocycles. The lowest BCUT2D eigenvalue weighted by molar-refractivity contribution is -0.189. The number of fused-ring (bicyclic) bond motifs is 2. The van der Waals surface area contributed by atoms with Gasteiger partial charge in [0.25, 0.3) is 0 Å². The summed E-state index contributed by atoms with van der Waals surface area (Å²) in [4.78, 5) is 61.4. The number of benzene rings is 3. The number of hydrogen-bond donors (Lipinski definition) is 3. The molecule has 0 unspecified atom stereocenters. The van der Waals surface area contributed by atoms with Crippen LogP contribution in [0.25, 0.3) is 10.2 Å². The van der Waals surface area contributed by atoms with Gasteiger partial charge in [0.05, 0.1) is 28.8 Å². The number of hydrogen-bond acceptors (Lipinski definition) is 8. The molecule has 3 N–H and O–H groups in total. The summed E-state index contributed by atoms with van der Waals surface area (Å²) >= 11 is 1.49. The molecule has 0 saturated carbocycles. The normalized spacial score (nSPS) is 18.5. The summed E-state index contributed by atoms with van der Waals surface area (Å²) in [6.45, 7) is 4.33. The number of aromatic hydroxyl groups is 1. The highest BCUT2D eigenvalue weighted by Crippen LogP contribution is 2.31. The Balaban J connectivity index is 1.38. The number of urea groups is 1. The van der Waals surface area contributed by atoms with Crippen LogP contribution in [0.2, 0.25) is 0 Å². The van der Waals surface area contributed by atoms with E-state index in [-0.39, 0.29) is 56.5 Å². The maximum Gasteiger partial charge on any atom is 0.339 e. The number of nitrogens with zero attached hydrogens (tertiary/aromatic N) is 5. The van der Waals surface area contributed by atoms with Gasteiger partial charge in [0, 0.05) is 26.1 Å². The highest BCUT2D eigenvalue weighted by molar-refractivity contribution is 7.16. The molecule has 2 atom stereocenters. The van der Waals surface area contributed by atoms with Crippen molar-refractivity contribution in [2.75, 3.05) is 19.6 Å². The molecule has 4 aromatic rings. The first-order valence-corrected chi connectivity index (χ1v) is 15.6. The minimum absolute atomic E-state index is 0.0278. The molecule has 2 aliphatic rings. The molecule has 0 spiro atoms. The third-order valence-corrected chi connectivity index (χ3v) is 8.98. The highest BCUT2D eigenvalue weighted by Gasteiger charge is 2.51. The maximum absolute atomic E-state index is 14.3. The minimum atomic E-state index is -1.32. The standard InChI is InChI=1S/C33H32N6O6S/c1-2-13-37-19-29(41)38-25(15-22-11-12-26(40)24(14-22)32(43)44)31(42)36(17-23-9-6-10-27-30(23)35-20-46-27)18-28(38)39(37)33(45)34-16-21-7-4-3-5-8-21/h2-12,14,20,25,28,40H,1,13,15-19H2,(H,34,45)(H,43,44)/t25-,28-/m0/s1. The van der Waals surface area contributed by atoms with Crippen molar-refractivity contribution in [1.82, 2.24) is 30.1 Å². The number of carbonyl (C=O) groups excluding carboxylic acids is 3. The van der Waals surface area contributed by atoms with Crippen molar-refractivity contribution >= 4 is 45.4 Å². The first kappa shape index (κ1) is 30.7. The SMILES string of the molecule is C=CCN1CC(=O)N2[C@@H](Cc3ccc(O)c(C(=O)O)c3)C(=O)N(Cc3cccc4scnc34)C[C@@H]2N1C(=O)NCc1ccccc1. The lowest BCUT2D eigenvalue weighted by atomic mass is 9.97. The Bertz CT molecular complexity index is 1810. The van der Waals surface area contributed by atoms with Gasteiger partial charge in [0.15, 0.2) is 0 Å². The predicted octanol–water partition coefficient (Wildman–Crippen LogP) is 3.44. The topological polar surface area (TPSA) is 147 Å². The Morgan fingerprint density at radius 2 is 1.87 bits per heavy atom. The highest BCUT2D eigenvalue weighted by atomic mass is 32.1. The van der Waals surface area contributed by atoms with Crippen LogP contribution in [0.15, 0.2) is 84.9 Å². The summed E-state index contributed by atoms with van der Waals surface area (Å²) in [6.07, 6.45) is 0.710. The second-order valence-corrected chi connectivity index (χ2v) is 12.0. The zero-order valence-corrected chi connectivity index (χ0v) is 25.6. The Kier molecular flexibility index (Phi) is 8.68. The van der Waals surface area contributed by atoms with E-state index in [1.807, 2.05) is 48.5 Å². The number of para-hydroxylation sites is 1. The quantitative estimate of drug-likeness (QED) is 0.236. The smallest absolute Gasteiger partial charge is 0.339 e. The first-order chi connectivity index (χ1) is 22.2. The average Bonchev–Trinajstić information content (AvgIpc) is 3.53. The van der Waals surface area contributed by atoms with Crippen molar-refractivity contribution in [1.29, 1.82) is 0 Å². The van der Waals surface area contributed by atoms with Crippen molar-refractivity contribution in [2.45, 2.75) is 31.7 Å². The molecule has 2 fully saturated rings. The van der Waals surface area contributed by atoms with Gasteiger partial charge in [0.1, 0.15) is 23.5 Å². The zero-order valence-electron chi connectivity index (χ0n) is 24.8. The number of amides is 4. The number of thiazole rings is 1. The number of rotatable bonds is 9. The fourth-order valence-electron chi connectivity index (χ4n) is 6.08. The largest absolute Gasteiger partial charge is 0.507 e. The monoisotopic (exact) mass is 640 g/mol. The molecule has 12 nitrogen and oxygen atoms in total. The van der Waals surface area contributed by atoms with E-state index in [0.29, 0.717) is 5.56 Å². The van der Waals surface area contributed by atoms with Crippen molar-refractivity contribution in [3.8, 4) is 5.75 Å². The van der Waals surface area contributed by atoms with Crippen molar-refractivity contribution in [2.24, 2.45) is 0 Å². The minimum Gasteiger partial charge on any atom is -0.507 e. The van der Waals surface area contributed by atoms with Gasteiger partial charge in [-0.25, -0.2) is 24.6 Å². The van der Waals surface area contributed by atoms with E-state index in [1.165, 1.54) is 39.4 Å². The zero-order chi connectivity index (χ0) is 32.4. The van der Waals surface area contributed by atoms with E-state index >= 15 is 0 Å². The average molecular weight is 641 g/mol. The summed E-state index contributed by atoms with van der Waals surface area (Å²) in [5.74, 6) is -2.42. The van der Waals surface area contributed by atoms with Crippen LogP contribution < -0.4 is 5.32 Å². The van der Waals surface area contributed by atoms with Gasteiger partial charge in [-0.3, -0.25) is 9.59 Å². The predicted molar refractivity (Wildman–Crippen MR) is 171 cm³/mol. The number of aromatic carboxylic acids is 1. The summed E-state index contributed by atoms with van der Waals surface area (Å²) < 4.78 is 0.970. The van der Waals surface area contributed by atoms with E-state index in [0.717, 1.165) is 21.3 Å². The molecule has 2 saturated heterocycles. The molecule has 3 heterocycles. The van der Waals surface area contributed by atoms with Crippen LogP contribution in [0.4, 0.5) is 4.79 Å². The van der Waals surface area contributed by atoms with Crippen LogP contribution in [-0.4, -0.2) is 90.7 Å². The van der Waals surface area contributed by atoms with Crippen LogP contribution >= 0.6 is 11.3 Å². The third-order valence-electron chi connectivity index (χ3n) is 8.19. The van der Waals surface area contributed by atoms with Crippen LogP contribution in [0.5, 0.6) is 5.75 Å². The second kappa shape index (κ2) is 13.0. The van der Waals surface area contributed by atoms with Gasteiger partial charge in [-0.15, -0.1) is 17.9 Å². The third kappa shape index (κ3) is 6.02. The summed E-state index contributed by atoms with van der Waals surface area (Å²) in [5.41, 5.74) is 4.36. The molecule has 3 aromatic carbocycles. The number of piperazine rings is 1. The Morgan fingerprint density at radius 3 is 2.63 bits per heavy atom. The Labute approximate surface area is 268 Å². The lowest BCUT2D eigenvalue weighted by Crippen LogP contribution is -2.76. The Hall–Kier alpha value is -5.27. The van der Waals surface area contributed by atoms with Gasteiger partial charge in [0.2, 0.25) is 11.8 Å². The van der Waals surface area contributed by atoms with E-state index in [2.05, 4.69) is 16.9 Å². The van der Waals surface area contributed by atoms with Crippen molar-refractivity contribution in [3.05, 3.63) is 107 Å². The molecule has 4 amide bonds. The molecule has 1 aromatic heterocycles. The van der Waals surface area contributed by atoms with E-state index in [4.69, 9.17) is 0 Å². The van der Waals surface area contributed by atoms with Gasteiger partial charge >= 0.3 is 12.0 Å². The lowest BCUT2D eigenvalue weighted by Gasteiger charge is -2.55. The number of aromatic nitrogens is 1. The fraction of sp³-hybridized carbons (Fsp3) is 0.242. The second-order valence-electron chi connectivity index (χ2n) is 11.1. The molecule has 6 rings (SSSR count). The molecule has 46 heavy (non-hydrogen) atoms. The van der Waals surface area contributed by atoms with E-state index in [9.17, 15) is 29.4 Å². The number of carboxylic acids is 1. The molecule has 0 radical (unpaired) electrons. The summed E-state index contributed by atoms with van der Waals surface area (Å²) in [7, 11) is 0. The van der Waals surface area contributed by atoms with Gasteiger partial charge < -0.3 is 25.3 Å². The number of carbonyl (C=O) groups is 4. The molecular formula is C33H32N6O6S. The van der Waals surface area contributed by atoms with E-state index in [1.54, 1.807) is 21.5 Å². The van der Waals surface area contributed by atoms with Crippen LogP contribution in [-0.2, 0) is 29.1 Å². The van der Waals surface area contributed by atoms with Crippen LogP contribution in [0.3, 0.4) is 0 Å². The van der Waals surface area contributed by atoms with E-state index < -0.39 is 30.0 Å². The van der Waals surface area contributed by atoms with Crippen LogP contribution in [0, 0.1) is 0 Å². The maximum atomic E-state index is 14.3. The van der Waals surface area contributed by atoms with Gasteiger partial charge in [-0.2, -0.15) is 0 Å².